The van der Waals surface area contributed by atoms with Crippen molar-refractivity contribution >= 4 is 57.0 Å². The van der Waals surface area contributed by atoms with Crippen molar-refractivity contribution in [2.75, 3.05) is 29.9 Å². The predicted octanol–water partition coefficient (Wildman–Crippen LogP) is 1.26. The molecule has 0 atom stereocenters. The first-order valence-electron chi connectivity index (χ1n) is 6.92. The lowest BCUT2D eigenvalue weighted by Crippen LogP contribution is -2.38. The average Bonchev–Trinajstić information content (AvgIpc) is 3.05. The van der Waals surface area contributed by atoms with Crippen LogP contribution in [0.3, 0.4) is 0 Å². The molecule has 23 heavy (non-hydrogen) atoms. The van der Waals surface area contributed by atoms with Crippen LogP contribution in [-0.2, 0) is 9.59 Å². The van der Waals surface area contributed by atoms with E-state index in [0.29, 0.717) is 4.34 Å². The lowest BCUT2D eigenvalue weighted by atomic mass is 10.4. The lowest BCUT2D eigenvalue weighted by Gasteiger charge is -2.12. The van der Waals surface area contributed by atoms with Gasteiger partial charge in [-0.1, -0.05) is 34.9 Å². The summed E-state index contributed by atoms with van der Waals surface area (Å²) in [7, 11) is 0. The summed E-state index contributed by atoms with van der Waals surface area (Å²) in [6.07, 6.45) is 0. The van der Waals surface area contributed by atoms with E-state index in [1.807, 2.05) is 13.8 Å². The number of hydrogen-bond acceptors (Lipinski definition) is 9. The summed E-state index contributed by atoms with van der Waals surface area (Å²) >= 11 is 3.69. The number of nitrogens with one attached hydrogen (secondary N) is 2. The Hall–Kier alpha value is -1.33. The number of anilines is 1. The minimum Gasteiger partial charge on any atom is -0.358 e. The normalized spacial score (nSPS) is 14.7. The van der Waals surface area contributed by atoms with Gasteiger partial charge in [0.05, 0.1) is 11.5 Å². The third kappa shape index (κ3) is 5.66. The number of nitrogens with zero attached hydrogens (tertiary/aromatic N) is 3. The van der Waals surface area contributed by atoms with Gasteiger partial charge in [-0.05, 0) is 13.8 Å². The van der Waals surface area contributed by atoms with Crippen molar-refractivity contribution in [1.29, 1.82) is 0 Å². The van der Waals surface area contributed by atoms with Crippen LogP contribution in [0.4, 0.5) is 9.93 Å². The summed E-state index contributed by atoms with van der Waals surface area (Å²) in [5.74, 6) is 0.0253. The van der Waals surface area contributed by atoms with Gasteiger partial charge in [0.15, 0.2) is 4.34 Å². The quantitative estimate of drug-likeness (QED) is 0.655. The van der Waals surface area contributed by atoms with Gasteiger partial charge in [0.1, 0.15) is 0 Å². The van der Waals surface area contributed by atoms with Crippen LogP contribution in [-0.4, -0.2) is 62.8 Å². The standard InChI is InChI=1S/C12H17N5O3S3/c1-7(2)14-10-15-16-11(23-10)21-5-8(18)13-3-4-17-9(19)6-22-12(17)20/h7H,3-6H2,1-2H3,(H,13,18)(H,14,15). The molecule has 0 saturated carbocycles. The number of rotatable bonds is 8. The molecule has 2 rings (SSSR count). The monoisotopic (exact) mass is 375 g/mol. The number of imide groups is 1. The minimum absolute atomic E-state index is 0.171. The Morgan fingerprint density at radius 3 is 2.83 bits per heavy atom. The van der Waals surface area contributed by atoms with E-state index in [-0.39, 0.29) is 47.7 Å². The van der Waals surface area contributed by atoms with Crippen LogP contribution in [0.25, 0.3) is 0 Å². The molecule has 126 valence electrons. The van der Waals surface area contributed by atoms with Crippen molar-refractivity contribution < 1.29 is 14.4 Å². The number of carbonyl (C=O) groups excluding carboxylic acids is 3. The fraction of sp³-hybridized carbons (Fsp3) is 0.583. The van der Waals surface area contributed by atoms with Crippen molar-refractivity contribution in [3.05, 3.63) is 0 Å². The Bertz CT molecular complexity index is 576. The van der Waals surface area contributed by atoms with Crippen LogP contribution in [0.15, 0.2) is 4.34 Å². The maximum absolute atomic E-state index is 11.8. The first-order valence-corrected chi connectivity index (χ1v) is 9.71. The smallest absolute Gasteiger partial charge is 0.288 e. The van der Waals surface area contributed by atoms with Crippen molar-refractivity contribution in [3.8, 4) is 0 Å². The highest BCUT2D eigenvalue weighted by Crippen LogP contribution is 2.25. The third-order valence-electron chi connectivity index (χ3n) is 2.64. The fourth-order valence-electron chi connectivity index (χ4n) is 1.66. The highest BCUT2D eigenvalue weighted by Gasteiger charge is 2.29. The van der Waals surface area contributed by atoms with E-state index in [9.17, 15) is 14.4 Å². The number of carbonyl (C=O) groups is 3. The average molecular weight is 376 g/mol. The van der Waals surface area contributed by atoms with Crippen LogP contribution in [0.2, 0.25) is 0 Å². The highest BCUT2D eigenvalue weighted by atomic mass is 32.2. The van der Waals surface area contributed by atoms with Crippen LogP contribution in [0, 0.1) is 0 Å². The van der Waals surface area contributed by atoms with Gasteiger partial charge in [0.25, 0.3) is 5.24 Å². The van der Waals surface area contributed by atoms with Gasteiger partial charge in [-0.15, -0.1) is 10.2 Å². The van der Waals surface area contributed by atoms with Gasteiger partial charge >= 0.3 is 0 Å². The van der Waals surface area contributed by atoms with Crippen molar-refractivity contribution in [2.45, 2.75) is 24.2 Å². The minimum atomic E-state index is -0.252. The van der Waals surface area contributed by atoms with Gasteiger partial charge in [-0.25, -0.2) is 0 Å². The second kappa shape index (κ2) is 8.50. The SMILES string of the molecule is CC(C)Nc1nnc(SCC(=O)NCCN2C(=O)CSC2=O)s1. The Morgan fingerprint density at radius 2 is 2.17 bits per heavy atom. The number of aromatic nitrogens is 2. The molecule has 1 aliphatic heterocycles. The summed E-state index contributed by atoms with van der Waals surface area (Å²) in [6.45, 7) is 4.49. The molecule has 0 aliphatic carbocycles. The molecule has 0 bridgehead atoms. The summed E-state index contributed by atoms with van der Waals surface area (Å²) in [6, 6.07) is 0.276. The Balaban J connectivity index is 1.66. The maximum Gasteiger partial charge on any atom is 0.288 e. The van der Waals surface area contributed by atoms with E-state index >= 15 is 0 Å². The summed E-state index contributed by atoms with van der Waals surface area (Å²) in [5.41, 5.74) is 0. The number of thioether (sulfide) groups is 2. The molecular weight excluding hydrogens is 358 g/mol. The highest BCUT2D eigenvalue weighted by molar-refractivity contribution is 8.14. The zero-order valence-electron chi connectivity index (χ0n) is 12.7. The van der Waals surface area contributed by atoms with E-state index < -0.39 is 0 Å². The second-order valence-electron chi connectivity index (χ2n) is 4.91. The van der Waals surface area contributed by atoms with Crippen LogP contribution >= 0.6 is 34.9 Å². The molecule has 1 aliphatic rings. The first-order chi connectivity index (χ1) is 11.0. The van der Waals surface area contributed by atoms with E-state index in [1.54, 1.807) is 0 Å². The zero-order chi connectivity index (χ0) is 16.8. The van der Waals surface area contributed by atoms with Gasteiger partial charge in [0.2, 0.25) is 16.9 Å². The molecule has 1 aromatic rings. The summed E-state index contributed by atoms with van der Waals surface area (Å²) < 4.78 is 0.713. The Labute approximate surface area is 146 Å². The van der Waals surface area contributed by atoms with E-state index in [4.69, 9.17) is 0 Å². The van der Waals surface area contributed by atoms with Gasteiger partial charge in [0, 0.05) is 19.1 Å². The Kier molecular flexibility index (Phi) is 6.66. The van der Waals surface area contributed by atoms with Crippen molar-refractivity contribution in [3.63, 3.8) is 0 Å². The number of amides is 3. The molecule has 1 fully saturated rings. The van der Waals surface area contributed by atoms with Crippen LogP contribution in [0.1, 0.15) is 13.8 Å². The molecule has 1 aromatic heterocycles. The summed E-state index contributed by atoms with van der Waals surface area (Å²) in [5, 5.41) is 14.3. The topological polar surface area (TPSA) is 104 Å². The summed E-state index contributed by atoms with van der Waals surface area (Å²) in [4.78, 5) is 35.7. The van der Waals surface area contributed by atoms with Gasteiger partial charge in [-0.2, -0.15) is 0 Å². The van der Waals surface area contributed by atoms with E-state index in [0.717, 1.165) is 21.8 Å². The molecule has 1 saturated heterocycles. The van der Waals surface area contributed by atoms with E-state index in [1.165, 1.54) is 23.1 Å². The molecule has 3 amide bonds. The maximum atomic E-state index is 11.8. The second-order valence-corrected chi connectivity index (χ2v) is 8.04. The molecule has 0 spiro atoms. The lowest BCUT2D eigenvalue weighted by molar-refractivity contribution is -0.125. The third-order valence-corrected chi connectivity index (χ3v) is 5.49. The predicted molar refractivity (Wildman–Crippen MR) is 92.0 cm³/mol. The van der Waals surface area contributed by atoms with Crippen molar-refractivity contribution in [1.82, 2.24) is 20.4 Å². The molecule has 11 heteroatoms. The molecule has 0 aromatic carbocycles. The van der Waals surface area contributed by atoms with E-state index in [2.05, 4.69) is 20.8 Å². The van der Waals surface area contributed by atoms with Gasteiger partial charge in [-0.3, -0.25) is 19.3 Å². The molecule has 8 nitrogen and oxygen atoms in total. The molecule has 0 unspecified atom stereocenters. The largest absolute Gasteiger partial charge is 0.358 e. The van der Waals surface area contributed by atoms with Crippen molar-refractivity contribution in [2.24, 2.45) is 0 Å². The van der Waals surface area contributed by atoms with Crippen LogP contribution < -0.4 is 10.6 Å². The van der Waals surface area contributed by atoms with Crippen LogP contribution in [0.5, 0.6) is 0 Å². The fourth-order valence-corrected chi connectivity index (χ4v) is 4.14. The molecule has 2 N–H and O–H groups in total. The van der Waals surface area contributed by atoms with Gasteiger partial charge < -0.3 is 10.6 Å². The molecule has 0 radical (unpaired) electrons. The molecular formula is C12H17N5O3S3. The first kappa shape index (κ1) is 18.0. The zero-order valence-corrected chi connectivity index (χ0v) is 15.1. The number of hydrogen-bond donors (Lipinski definition) is 2. The molecule has 2 heterocycles. The Morgan fingerprint density at radius 1 is 1.39 bits per heavy atom.